The summed E-state index contributed by atoms with van der Waals surface area (Å²) in [6.45, 7) is 5.06. The molecule has 0 spiro atoms. The summed E-state index contributed by atoms with van der Waals surface area (Å²) in [5.41, 5.74) is 9.71. The van der Waals surface area contributed by atoms with Crippen molar-refractivity contribution in [2.24, 2.45) is 5.73 Å². The molecule has 0 atom stereocenters. The Labute approximate surface area is 101 Å². The Morgan fingerprint density at radius 1 is 1.41 bits per heavy atom. The molecule has 0 amide bonds. The van der Waals surface area contributed by atoms with E-state index in [0.717, 1.165) is 23.4 Å². The van der Waals surface area contributed by atoms with Crippen LogP contribution in [-0.2, 0) is 5.41 Å². The zero-order valence-electron chi connectivity index (χ0n) is 10.5. The molecule has 0 unspecified atom stereocenters. The molecule has 1 aromatic heterocycles. The first-order valence-corrected chi connectivity index (χ1v) is 6.35. The number of imidazole rings is 1. The minimum atomic E-state index is 0.261. The lowest BCUT2D eigenvalue weighted by molar-refractivity contribution is 0.705. The van der Waals surface area contributed by atoms with Gasteiger partial charge >= 0.3 is 0 Å². The summed E-state index contributed by atoms with van der Waals surface area (Å²) in [5, 5.41) is 0. The average molecular weight is 229 g/mol. The number of fused-ring (bicyclic) bond motifs is 1. The summed E-state index contributed by atoms with van der Waals surface area (Å²) in [6.07, 6.45) is 2.44. The molecule has 3 N–H and O–H groups in total. The molecule has 3 heteroatoms. The Bertz CT molecular complexity index is 550. The Morgan fingerprint density at radius 2 is 2.18 bits per heavy atom. The van der Waals surface area contributed by atoms with Crippen molar-refractivity contribution in [3.63, 3.8) is 0 Å². The van der Waals surface area contributed by atoms with Crippen molar-refractivity contribution in [3.05, 3.63) is 29.6 Å². The van der Waals surface area contributed by atoms with Crippen LogP contribution in [-0.4, -0.2) is 16.5 Å². The van der Waals surface area contributed by atoms with Gasteiger partial charge < -0.3 is 10.7 Å². The summed E-state index contributed by atoms with van der Waals surface area (Å²) in [5.74, 6) is 1.50. The van der Waals surface area contributed by atoms with Gasteiger partial charge in [0.1, 0.15) is 5.82 Å². The van der Waals surface area contributed by atoms with Crippen LogP contribution in [0.4, 0.5) is 0 Å². The van der Waals surface area contributed by atoms with Crippen molar-refractivity contribution < 1.29 is 0 Å². The smallest absolute Gasteiger partial charge is 0.109 e. The molecule has 0 bridgehead atoms. The van der Waals surface area contributed by atoms with Crippen molar-refractivity contribution in [3.8, 4) is 0 Å². The zero-order chi connectivity index (χ0) is 12.0. The molecule has 0 saturated heterocycles. The van der Waals surface area contributed by atoms with Crippen LogP contribution in [0.1, 0.15) is 44.0 Å². The highest BCUT2D eigenvalue weighted by Crippen LogP contribution is 2.47. The topological polar surface area (TPSA) is 54.7 Å². The third-order valence-corrected chi connectivity index (χ3v) is 3.90. The number of aromatic amines is 1. The highest BCUT2D eigenvalue weighted by molar-refractivity contribution is 5.76. The van der Waals surface area contributed by atoms with Crippen LogP contribution in [0.15, 0.2) is 18.2 Å². The standard InChI is InChI=1S/C14H19N3/c1-9(2)13-16-11-4-3-10(7-12(11)17-13)14(8-15)5-6-14/h3-4,7,9H,5-6,8,15H2,1-2H3,(H,16,17). The van der Waals surface area contributed by atoms with Gasteiger partial charge in [-0.2, -0.15) is 0 Å². The summed E-state index contributed by atoms with van der Waals surface area (Å²) in [7, 11) is 0. The predicted octanol–water partition coefficient (Wildman–Crippen LogP) is 2.68. The molecule has 0 radical (unpaired) electrons. The van der Waals surface area contributed by atoms with E-state index in [4.69, 9.17) is 5.73 Å². The van der Waals surface area contributed by atoms with Crippen molar-refractivity contribution in [1.29, 1.82) is 0 Å². The van der Waals surface area contributed by atoms with Crippen LogP contribution in [0, 0.1) is 0 Å². The SMILES string of the molecule is CC(C)c1nc2ccc(C3(CN)CC3)cc2[nH]1. The second-order valence-electron chi connectivity index (χ2n) is 5.49. The number of aromatic nitrogens is 2. The van der Waals surface area contributed by atoms with E-state index in [1.165, 1.54) is 18.4 Å². The van der Waals surface area contributed by atoms with Crippen molar-refractivity contribution >= 4 is 11.0 Å². The minimum absolute atomic E-state index is 0.261. The summed E-state index contributed by atoms with van der Waals surface area (Å²) >= 11 is 0. The lowest BCUT2D eigenvalue weighted by Crippen LogP contribution is -2.19. The Morgan fingerprint density at radius 3 is 2.76 bits per heavy atom. The molecule has 1 aliphatic rings. The monoisotopic (exact) mass is 229 g/mol. The highest BCUT2D eigenvalue weighted by atomic mass is 14.9. The van der Waals surface area contributed by atoms with Crippen molar-refractivity contribution in [2.75, 3.05) is 6.54 Å². The molecular formula is C14H19N3. The molecule has 1 saturated carbocycles. The summed E-state index contributed by atoms with van der Waals surface area (Å²) in [4.78, 5) is 8.00. The Kier molecular flexibility index (Phi) is 2.26. The fourth-order valence-corrected chi connectivity index (χ4v) is 2.39. The number of nitrogens with two attached hydrogens (primary N) is 1. The third kappa shape index (κ3) is 1.65. The first-order chi connectivity index (χ1) is 8.14. The molecule has 0 aliphatic heterocycles. The van der Waals surface area contributed by atoms with Crippen LogP contribution >= 0.6 is 0 Å². The quantitative estimate of drug-likeness (QED) is 0.850. The van der Waals surface area contributed by atoms with Crippen LogP contribution in [0.2, 0.25) is 0 Å². The molecule has 3 nitrogen and oxygen atoms in total. The van der Waals surface area contributed by atoms with E-state index < -0.39 is 0 Å². The van der Waals surface area contributed by atoms with E-state index in [0.29, 0.717) is 5.92 Å². The molecule has 3 rings (SSSR count). The van der Waals surface area contributed by atoms with Gasteiger partial charge in [-0.3, -0.25) is 0 Å². The van der Waals surface area contributed by atoms with Crippen molar-refractivity contribution in [2.45, 2.75) is 38.0 Å². The molecule has 1 aliphatic carbocycles. The number of rotatable bonds is 3. The van der Waals surface area contributed by atoms with Gasteiger partial charge in [0.2, 0.25) is 0 Å². The Hall–Kier alpha value is -1.35. The predicted molar refractivity (Wildman–Crippen MR) is 70.1 cm³/mol. The average Bonchev–Trinajstić information content (AvgIpc) is 3.00. The normalized spacial score (nSPS) is 17.9. The van der Waals surface area contributed by atoms with Gasteiger partial charge in [-0.1, -0.05) is 19.9 Å². The maximum atomic E-state index is 5.87. The maximum Gasteiger partial charge on any atom is 0.109 e. The first-order valence-electron chi connectivity index (χ1n) is 6.35. The molecular weight excluding hydrogens is 210 g/mol. The summed E-state index contributed by atoms with van der Waals surface area (Å²) in [6, 6.07) is 6.53. The van der Waals surface area contributed by atoms with Gasteiger partial charge in [-0.05, 0) is 30.5 Å². The van der Waals surface area contributed by atoms with E-state index in [-0.39, 0.29) is 5.41 Å². The fourth-order valence-electron chi connectivity index (χ4n) is 2.39. The molecule has 90 valence electrons. The Balaban J connectivity index is 2.07. The van der Waals surface area contributed by atoms with Gasteiger partial charge in [0, 0.05) is 17.9 Å². The summed E-state index contributed by atoms with van der Waals surface area (Å²) < 4.78 is 0. The number of H-pyrrole nitrogens is 1. The highest BCUT2D eigenvalue weighted by Gasteiger charge is 2.42. The molecule has 1 aromatic carbocycles. The number of benzene rings is 1. The van der Waals surface area contributed by atoms with E-state index in [9.17, 15) is 0 Å². The molecule has 1 heterocycles. The van der Waals surface area contributed by atoms with E-state index in [2.05, 4.69) is 42.0 Å². The molecule has 1 fully saturated rings. The van der Waals surface area contributed by atoms with Crippen molar-refractivity contribution in [1.82, 2.24) is 9.97 Å². The van der Waals surface area contributed by atoms with E-state index >= 15 is 0 Å². The minimum Gasteiger partial charge on any atom is -0.342 e. The second kappa shape index (κ2) is 3.57. The number of nitrogens with one attached hydrogen (secondary N) is 1. The first kappa shape index (κ1) is 10.8. The van der Waals surface area contributed by atoms with Crippen LogP contribution < -0.4 is 5.73 Å². The fraction of sp³-hybridized carbons (Fsp3) is 0.500. The van der Waals surface area contributed by atoms with Gasteiger partial charge in [-0.25, -0.2) is 4.98 Å². The lowest BCUT2D eigenvalue weighted by atomic mass is 9.96. The molecule has 17 heavy (non-hydrogen) atoms. The maximum absolute atomic E-state index is 5.87. The van der Waals surface area contributed by atoms with Crippen LogP contribution in [0.25, 0.3) is 11.0 Å². The number of hydrogen-bond acceptors (Lipinski definition) is 2. The number of nitrogens with zero attached hydrogens (tertiary/aromatic N) is 1. The van der Waals surface area contributed by atoms with Gasteiger partial charge in [0.05, 0.1) is 11.0 Å². The molecule has 2 aromatic rings. The van der Waals surface area contributed by atoms with Gasteiger partial charge in [0.15, 0.2) is 0 Å². The van der Waals surface area contributed by atoms with Gasteiger partial charge in [-0.15, -0.1) is 0 Å². The van der Waals surface area contributed by atoms with Crippen LogP contribution in [0.5, 0.6) is 0 Å². The number of hydrogen-bond donors (Lipinski definition) is 2. The van der Waals surface area contributed by atoms with E-state index in [1.54, 1.807) is 0 Å². The van der Waals surface area contributed by atoms with E-state index in [1.807, 2.05) is 0 Å². The largest absolute Gasteiger partial charge is 0.342 e. The zero-order valence-corrected chi connectivity index (χ0v) is 10.5. The van der Waals surface area contributed by atoms with Gasteiger partial charge in [0.25, 0.3) is 0 Å². The van der Waals surface area contributed by atoms with Crippen LogP contribution in [0.3, 0.4) is 0 Å². The second-order valence-corrected chi connectivity index (χ2v) is 5.49. The lowest BCUT2D eigenvalue weighted by Gasteiger charge is -2.12. The third-order valence-electron chi connectivity index (χ3n) is 3.90.